The predicted octanol–water partition coefficient (Wildman–Crippen LogP) is 3.42. The van der Waals surface area contributed by atoms with Crippen LogP contribution >= 0.6 is 11.8 Å². The van der Waals surface area contributed by atoms with Gasteiger partial charge in [-0.3, -0.25) is 19.7 Å². The number of amides is 2. The number of carbonyl (C=O) groups is 2. The average Bonchev–Trinajstić information content (AvgIpc) is 3.16. The number of anilines is 1. The minimum Gasteiger partial charge on any atom is -0.343 e. The van der Waals surface area contributed by atoms with E-state index in [2.05, 4.69) is 15.5 Å². The zero-order valence-electron chi connectivity index (χ0n) is 16.8. The molecule has 1 heterocycles. The predicted molar refractivity (Wildman–Crippen MR) is 111 cm³/mol. The van der Waals surface area contributed by atoms with Crippen LogP contribution in [0.4, 0.5) is 24.5 Å². The van der Waals surface area contributed by atoms with Crippen LogP contribution in [0.15, 0.2) is 58.8 Å². The zero-order chi connectivity index (χ0) is 24.2. The third-order valence-corrected chi connectivity index (χ3v) is 5.26. The van der Waals surface area contributed by atoms with Crippen LogP contribution in [-0.2, 0) is 7.05 Å². The van der Waals surface area contributed by atoms with E-state index in [0.717, 1.165) is 17.8 Å². The van der Waals surface area contributed by atoms with Crippen LogP contribution in [0.3, 0.4) is 0 Å². The molecular formula is C19H15F3N6O4S. The summed E-state index contributed by atoms with van der Waals surface area (Å²) in [7, 11) is 1.68. The van der Waals surface area contributed by atoms with Crippen LogP contribution < -0.4 is 10.6 Å². The number of aromatic nitrogens is 3. The maximum Gasteiger partial charge on any atom is 0.405 e. The molecule has 3 rings (SSSR count). The molecular weight excluding hydrogens is 465 g/mol. The normalized spacial score (nSPS) is 11.2. The quantitative estimate of drug-likeness (QED) is 0.391. The number of aryl methyl sites for hydroxylation is 1. The second kappa shape index (κ2) is 9.68. The smallest absolute Gasteiger partial charge is 0.343 e. The molecule has 1 aromatic heterocycles. The minimum absolute atomic E-state index is 0.0102. The lowest BCUT2D eigenvalue weighted by Gasteiger charge is -2.10. The van der Waals surface area contributed by atoms with E-state index in [9.17, 15) is 32.9 Å². The number of nitro benzene ring substituents is 1. The summed E-state index contributed by atoms with van der Waals surface area (Å²) >= 11 is 1.02. The lowest BCUT2D eigenvalue weighted by molar-refractivity contribution is -0.387. The highest BCUT2D eigenvalue weighted by Crippen LogP contribution is 2.34. The van der Waals surface area contributed by atoms with E-state index in [1.807, 2.05) is 0 Å². The number of halogens is 3. The minimum atomic E-state index is -4.53. The molecule has 33 heavy (non-hydrogen) atoms. The highest BCUT2D eigenvalue weighted by Gasteiger charge is 2.28. The van der Waals surface area contributed by atoms with Gasteiger partial charge in [0.25, 0.3) is 17.5 Å². The summed E-state index contributed by atoms with van der Waals surface area (Å²) in [5.41, 5.74) is -0.0751. The van der Waals surface area contributed by atoms with Crippen LogP contribution in [0.25, 0.3) is 0 Å². The number of carbonyl (C=O) groups excluding carboxylic acids is 2. The van der Waals surface area contributed by atoms with Crippen molar-refractivity contribution < 1.29 is 27.7 Å². The van der Waals surface area contributed by atoms with Gasteiger partial charge in [-0.05, 0) is 48.2 Å². The van der Waals surface area contributed by atoms with Gasteiger partial charge in [0.1, 0.15) is 12.9 Å². The second-order valence-corrected chi connectivity index (χ2v) is 7.60. The van der Waals surface area contributed by atoms with Gasteiger partial charge in [0, 0.05) is 29.9 Å². The number of rotatable bonds is 7. The van der Waals surface area contributed by atoms with Crippen molar-refractivity contribution in [3.63, 3.8) is 0 Å². The number of nitro groups is 1. The lowest BCUT2D eigenvalue weighted by atomic mass is 10.1. The molecule has 2 amide bonds. The summed E-state index contributed by atoms with van der Waals surface area (Å²) < 4.78 is 38.2. The van der Waals surface area contributed by atoms with Crippen molar-refractivity contribution in [3.8, 4) is 0 Å². The van der Waals surface area contributed by atoms with Gasteiger partial charge in [-0.15, -0.1) is 10.2 Å². The number of nitrogens with one attached hydrogen (secondary N) is 2. The molecule has 0 saturated heterocycles. The van der Waals surface area contributed by atoms with E-state index in [0.29, 0.717) is 5.16 Å². The van der Waals surface area contributed by atoms with E-state index in [1.54, 1.807) is 16.9 Å². The number of benzene rings is 2. The van der Waals surface area contributed by atoms with Crippen molar-refractivity contribution in [1.29, 1.82) is 0 Å². The van der Waals surface area contributed by atoms with Crippen LogP contribution in [0.2, 0.25) is 0 Å². The standard InChI is InChI=1S/C19H15F3N6O4S/c1-27-10-24-26-18(27)33-15-7-4-12(8-14(15)28(31)32)17(30)25-13-5-2-11(3-6-13)16(29)23-9-19(20,21)22/h2-8,10H,9H2,1H3,(H,23,29)(H,25,30). The lowest BCUT2D eigenvalue weighted by Crippen LogP contribution is -2.33. The molecule has 172 valence electrons. The Kier molecular flexibility index (Phi) is 6.96. The molecule has 2 aromatic carbocycles. The van der Waals surface area contributed by atoms with Crippen LogP contribution in [0.1, 0.15) is 20.7 Å². The molecule has 10 nitrogen and oxygen atoms in total. The van der Waals surface area contributed by atoms with Gasteiger partial charge in [-0.25, -0.2) is 0 Å². The molecule has 0 aliphatic heterocycles. The third kappa shape index (κ3) is 6.29. The molecule has 0 saturated carbocycles. The maximum absolute atomic E-state index is 12.5. The number of nitrogens with zero attached hydrogens (tertiary/aromatic N) is 4. The Bertz CT molecular complexity index is 1200. The van der Waals surface area contributed by atoms with E-state index in [4.69, 9.17) is 0 Å². The topological polar surface area (TPSA) is 132 Å². The first-order valence-corrected chi connectivity index (χ1v) is 9.92. The SMILES string of the molecule is Cn1cnnc1Sc1ccc(C(=O)Nc2ccc(C(=O)NCC(F)(F)F)cc2)cc1[N+](=O)[O-]. The zero-order valence-corrected chi connectivity index (χ0v) is 17.6. The van der Waals surface area contributed by atoms with Gasteiger partial charge in [0.2, 0.25) is 0 Å². The van der Waals surface area contributed by atoms with Crippen molar-refractivity contribution >= 4 is 35.0 Å². The van der Waals surface area contributed by atoms with Crippen molar-refractivity contribution in [2.24, 2.45) is 7.05 Å². The first-order valence-electron chi connectivity index (χ1n) is 9.10. The summed E-state index contributed by atoms with van der Waals surface area (Å²) in [6.07, 6.45) is -3.09. The van der Waals surface area contributed by atoms with Gasteiger partial charge in [-0.1, -0.05) is 0 Å². The summed E-state index contributed by atoms with van der Waals surface area (Å²) in [6, 6.07) is 9.07. The molecule has 14 heteroatoms. The molecule has 0 aliphatic rings. The van der Waals surface area contributed by atoms with Crippen LogP contribution in [0, 0.1) is 10.1 Å². The van der Waals surface area contributed by atoms with Gasteiger partial charge < -0.3 is 15.2 Å². The molecule has 2 N–H and O–H groups in total. The molecule has 3 aromatic rings. The Morgan fingerprint density at radius 1 is 1.12 bits per heavy atom. The van der Waals surface area contributed by atoms with Crippen LogP contribution in [-0.4, -0.2) is 44.2 Å². The Hall–Kier alpha value is -3.94. The van der Waals surface area contributed by atoms with Crippen molar-refractivity contribution in [3.05, 3.63) is 70.0 Å². The average molecular weight is 480 g/mol. The van der Waals surface area contributed by atoms with Gasteiger partial charge >= 0.3 is 6.18 Å². The maximum atomic E-state index is 12.5. The fraction of sp³-hybridized carbons (Fsp3) is 0.158. The Morgan fingerprint density at radius 2 is 1.79 bits per heavy atom. The van der Waals surface area contributed by atoms with E-state index in [-0.39, 0.29) is 27.4 Å². The molecule has 0 unspecified atom stereocenters. The fourth-order valence-corrected chi connectivity index (χ4v) is 3.39. The van der Waals surface area contributed by atoms with Gasteiger partial charge in [-0.2, -0.15) is 13.2 Å². The molecule has 0 radical (unpaired) electrons. The molecule has 0 bridgehead atoms. The summed E-state index contributed by atoms with van der Waals surface area (Å²) in [5, 5.41) is 23.7. The molecule has 0 spiro atoms. The number of hydrogen-bond acceptors (Lipinski definition) is 7. The molecule has 0 fully saturated rings. The largest absolute Gasteiger partial charge is 0.405 e. The highest BCUT2D eigenvalue weighted by molar-refractivity contribution is 7.99. The van der Waals surface area contributed by atoms with E-state index in [1.165, 1.54) is 42.7 Å². The second-order valence-electron chi connectivity index (χ2n) is 6.60. The van der Waals surface area contributed by atoms with E-state index < -0.39 is 29.5 Å². The first-order chi connectivity index (χ1) is 15.5. The van der Waals surface area contributed by atoms with Crippen LogP contribution in [0.5, 0.6) is 0 Å². The van der Waals surface area contributed by atoms with Crippen molar-refractivity contribution in [2.75, 3.05) is 11.9 Å². The Balaban J connectivity index is 1.71. The van der Waals surface area contributed by atoms with Crippen molar-refractivity contribution in [2.45, 2.75) is 16.2 Å². The van der Waals surface area contributed by atoms with Crippen molar-refractivity contribution in [1.82, 2.24) is 20.1 Å². The third-order valence-electron chi connectivity index (χ3n) is 4.14. The molecule has 0 atom stereocenters. The first kappa shape index (κ1) is 23.7. The van der Waals surface area contributed by atoms with Gasteiger partial charge in [0.15, 0.2) is 5.16 Å². The summed E-state index contributed by atoms with van der Waals surface area (Å²) in [5.74, 6) is -1.57. The highest BCUT2D eigenvalue weighted by atomic mass is 32.2. The summed E-state index contributed by atoms with van der Waals surface area (Å²) in [6.45, 7) is -1.46. The monoisotopic (exact) mass is 480 g/mol. The summed E-state index contributed by atoms with van der Waals surface area (Å²) in [4.78, 5) is 35.4. The van der Waals surface area contributed by atoms with E-state index >= 15 is 0 Å². The Morgan fingerprint density at radius 3 is 2.36 bits per heavy atom. The fourth-order valence-electron chi connectivity index (χ4n) is 2.54. The number of alkyl halides is 3. The molecule has 0 aliphatic carbocycles. The Labute approximate surface area is 188 Å². The number of hydrogen-bond donors (Lipinski definition) is 2. The van der Waals surface area contributed by atoms with Gasteiger partial charge in [0.05, 0.1) is 9.82 Å².